The van der Waals surface area contributed by atoms with Gasteiger partial charge in [0.2, 0.25) is 5.91 Å². The Morgan fingerprint density at radius 2 is 2.00 bits per heavy atom. The number of ether oxygens (including phenoxy) is 1. The third-order valence-corrected chi connectivity index (χ3v) is 8.30. The Morgan fingerprint density at radius 3 is 2.65 bits per heavy atom. The molecule has 0 saturated heterocycles. The Balaban J connectivity index is 1.88. The van der Waals surface area contributed by atoms with Gasteiger partial charge in [-0.15, -0.1) is 17.9 Å². The van der Waals surface area contributed by atoms with Crippen molar-refractivity contribution in [2.45, 2.75) is 43.5 Å². The predicted octanol–water partition coefficient (Wildman–Crippen LogP) is 3.17. The van der Waals surface area contributed by atoms with Crippen LogP contribution in [0.15, 0.2) is 41.1 Å². The lowest BCUT2D eigenvalue weighted by Gasteiger charge is -2.27. The minimum Gasteiger partial charge on any atom is -0.465 e. The zero-order valence-corrected chi connectivity index (χ0v) is 19.3. The highest BCUT2D eigenvalue weighted by Gasteiger charge is 2.34. The first-order valence-corrected chi connectivity index (χ1v) is 12.2. The van der Waals surface area contributed by atoms with Crippen molar-refractivity contribution in [3.63, 3.8) is 0 Å². The molecule has 1 aromatic carbocycles. The maximum absolute atomic E-state index is 13.1. The van der Waals surface area contributed by atoms with E-state index in [0.717, 1.165) is 22.5 Å². The van der Waals surface area contributed by atoms with Gasteiger partial charge in [-0.05, 0) is 30.9 Å². The van der Waals surface area contributed by atoms with Crippen LogP contribution in [-0.2, 0) is 39.1 Å². The molecule has 166 valence electrons. The third-order valence-electron chi connectivity index (χ3n) is 5.16. The van der Waals surface area contributed by atoms with Gasteiger partial charge in [-0.2, -0.15) is 0 Å². The van der Waals surface area contributed by atoms with Crippen molar-refractivity contribution >= 4 is 33.2 Å². The SMILES string of the molecule is C=CCCC(=O)N1CCc2c(sc(S(=O)(=O)NCc3ccc(C)cc3)c2C(=O)OC)C1. The maximum atomic E-state index is 13.1. The monoisotopic (exact) mass is 462 g/mol. The van der Waals surface area contributed by atoms with E-state index < -0.39 is 16.0 Å². The van der Waals surface area contributed by atoms with Crippen molar-refractivity contribution < 1.29 is 22.7 Å². The molecule has 1 aliphatic rings. The number of esters is 1. The highest BCUT2D eigenvalue weighted by atomic mass is 32.2. The molecular weight excluding hydrogens is 436 g/mol. The average Bonchev–Trinajstić information content (AvgIpc) is 3.16. The Hall–Kier alpha value is -2.49. The molecule has 0 fully saturated rings. The van der Waals surface area contributed by atoms with Gasteiger partial charge in [0.1, 0.15) is 4.21 Å². The van der Waals surface area contributed by atoms with Gasteiger partial charge in [0.05, 0.1) is 19.2 Å². The smallest absolute Gasteiger partial charge is 0.340 e. The molecule has 7 nitrogen and oxygen atoms in total. The van der Waals surface area contributed by atoms with E-state index in [9.17, 15) is 18.0 Å². The Kier molecular flexibility index (Phi) is 7.30. The van der Waals surface area contributed by atoms with Crippen LogP contribution in [-0.4, -0.2) is 38.8 Å². The first kappa shape index (κ1) is 23.2. The number of benzene rings is 1. The molecular formula is C22H26N2O5S2. The fourth-order valence-electron chi connectivity index (χ4n) is 3.42. The zero-order valence-electron chi connectivity index (χ0n) is 17.6. The number of hydrogen-bond acceptors (Lipinski definition) is 6. The summed E-state index contributed by atoms with van der Waals surface area (Å²) in [5.41, 5.74) is 2.63. The predicted molar refractivity (Wildman–Crippen MR) is 119 cm³/mol. The summed E-state index contributed by atoms with van der Waals surface area (Å²) in [5, 5.41) is 0. The second-order valence-corrected chi connectivity index (χ2v) is 10.4. The van der Waals surface area contributed by atoms with Crippen LogP contribution in [0, 0.1) is 6.92 Å². The lowest BCUT2D eigenvalue weighted by Crippen LogP contribution is -2.35. The number of thiophene rings is 1. The fraction of sp³-hybridized carbons (Fsp3) is 0.364. The van der Waals surface area contributed by atoms with E-state index in [2.05, 4.69) is 11.3 Å². The number of nitrogens with zero attached hydrogens (tertiary/aromatic N) is 1. The highest BCUT2D eigenvalue weighted by molar-refractivity contribution is 7.91. The molecule has 1 aromatic heterocycles. The van der Waals surface area contributed by atoms with Gasteiger partial charge in [0.15, 0.2) is 0 Å². The van der Waals surface area contributed by atoms with Crippen LogP contribution in [0.2, 0.25) is 0 Å². The van der Waals surface area contributed by atoms with E-state index in [1.807, 2.05) is 31.2 Å². The lowest BCUT2D eigenvalue weighted by atomic mass is 10.0. The topological polar surface area (TPSA) is 92.8 Å². The molecule has 2 aromatic rings. The molecule has 0 atom stereocenters. The fourth-order valence-corrected chi connectivity index (χ4v) is 6.38. The molecule has 0 radical (unpaired) electrons. The van der Waals surface area contributed by atoms with Crippen LogP contribution >= 0.6 is 11.3 Å². The third kappa shape index (κ3) is 5.23. The molecule has 3 rings (SSSR count). The molecule has 31 heavy (non-hydrogen) atoms. The van der Waals surface area contributed by atoms with Gasteiger partial charge in [-0.1, -0.05) is 35.9 Å². The van der Waals surface area contributed by atoms with Crippen molar-refractivity contribution in [2.24, 2.45) is 0 Å². The van der Waals surface area contributed by atoms with Gasteiger partial charge < -0.3 is 9.64 Å². The van der Waals surface area contributed by atoms with E-state index in [1.165, 1.54) is 7.11 Å². The first-order valence-electron chi connectivity index (χ1n) is 9.93. The van der Waals surface area contributed by atoms with E-state index >= 15 is 0 Å². The average molecular weight is 463 g/mol. The largest absolute Gasteiger partial charge is 0.465 e. The normalized spacial score (nSPS) is 13.5. The first-order chi connectivity index (χ1) is 14.8. The Bertz CT molecular complexity index is 1090. The van der Waals surface area contributed by atoms with Gasteiger partial charge in [-0.3, -0.25) is 4.79 Å². The number of aryl methyl sites for hydroxylation is 1. The number of amides is 1. The maximum Gasteiger partial charge on any atom is 0.340 e. The molecule has 0 aliphatic carbocycles. The second-order valence-electron chi connectivity index (χ2n) is 7.36. The summed E-state index contributed by atoms with van der Waals surface area (Å²) >= 11 is 1.03. The number of nitrogens with one attached hydrogen (secondary N) is 1. The van der Waals surface area contributed by atoms with Crippen LogP contribution in [0.4, 0.5) is 0 Å². The van der Waals surface area contributed by atoms with Crippen LogP contribution in [0.5, 0.6) is 0 Å². The van der Waals surface area contributed by atoms with E-state index in [-0.39, 0.29) is 28.8 Å². The molecule has 0 saturated carbocycles. The minimum absolute atomic E-state index is 0.0135. The summed E-state index contributed by atoms with van der Waals surface area (Å²) in [5.74, 6) is -0.694. The summed E-state index contributed by atoms with van der Waals surface area (Å²) in [6, 6.07) is 7.52. The minimum atomic E-state index is -3.95. The van der Waals surface area contributed by atoms with Gasteiger partial charge in [0, 0.05) is 24.4 Å². The van der Waals surface area contributed by atoms with Crippen molar-refractivity contribution in [3.05, 3.63) is 64.1 Å². The van der Waals surface area contributed by atoms with Crippen LogP contribution in [0.3, 0.4) is 0 Å². The summed E-state index contributed by atoms with van der Waals surface area (Å²) in [4.78, 5) is 27.3. The quantitative estimate of drug-likeness (QED) is 0.481. The van der Waals surface area contributed by atoms with Crippen molar-refractivity contribution in [2.75, 3.05) is 13.7 Å². The number of allylic oxidation sites excluding steroid dienone is 1. The summed E-state index contributed by atoms with van der Waals surface area (Å²) in [6.45, 7) is 6.42. The van der Waals surface area contributed by atoms with Crippen molar-refractivity contribution in [1.29, 1.82) is 0 Å². The van der Waals surface area contributed by atoms with Gasteiger partial charge in [-0.25, -0.2) is 17.9 Å². The summed E-state index contributed by atoms with van der Waals surface area (Å²) in [6.07, 6.45) is 3.04. The molecule has 1 N–H and O–H groups in total. The standard InChI is InChI=1S/C22H26N2O5S2/c1-4-5-6-19(25)24-12-11-17-18(14-24)30-22(20(17)21(26)29-3)31(27,28)23-13-16-9-7-15(2)8-10-16/h4,7-10,23H,1,5-6,11-14H2,2-3H3. The lowest BCUT2D eigenvalue weighted by molar-refractivity contribution is -0.131. The highest BCUT2D eigenvalue weighted by Crippen LogP contribution is 2.37. The molecule has 0 spiro atoms. The van der Waals surface area contributed by atoms with Crippen LogP contribution < -0.4 is 4.72 Å². The molecule has 0 unspecified atom stereocenters. The van der Waals surface area contributed by atoms with Gasteiger partial charge in [0.25, 0.3) is 10.0 Å². The van der Waals surface area contributed by atoms with Crippen molar-refractivity contribution in [1.82, 2.24) is 9.62 Å². The molecule has 1 amide bonds. The summed E-state index contributed by atoms with van der Waals surface area (Å²) in [7, 11) is -2.72. The number of fused-ring (bicyclic) bond motifs is 1. The van der Waals surface area contributed by atoms with E-state index in [1.54, 1.807) is 11.0 Å². The zero-order chi connectivity index (χ0) is 22.6. The van der Waals surface area contributed by atoms with Crippen LogP contribution in [0.25, 0.3) is 0 Å². The second kappa shape index (κ2) is 9.76. The number of hydrogen-bond donors (Lipinski definition) is 1. The molecule has 0 bridgehead atoms. The molecule has 2 heterocycles. The van der Waals surface area contributed by atoms with E-state index in [4.69, 9.17) is 4.74 Å². The Morgan fingerprint density at radius 1 is 1.29 bits per heavy atom. The number of carbonyl (C=O) groups excluding carboxylic acids is 2. The summed E-state index contributed by atoms with van der Waals surface area (Å²) < 4.78 is 33.6. The molecule has 9 heteroatoms. The van der Waals surface area contributed by atoms with Crippen molar-refractivity contribution in [3.8, 4) is 0 Å². The number of rotatable bonds is 8. The van der Waals surface area contributed by atoms with Gasteiger partial charge >= 0.3 is 5.97 Å². The Labute approximate surface area is 186 Å². The number of carbonyl (C=O) groups is 2. The van der Waals surface area contributed by atoms with E-state index in [0.29, 0.717) is 36.2 Å². The van der Waals surface area contributed by atoms with Crippen LogP contribution in [0.1, 0.15) is 44.8 Å². The number of sulfonamides is 1. The molecule has 1 aliphatic heterocycles. The number of methoxy groups -OCH3 is 1.